The first kappa shape index (κ1) is 23.5. The monoisotopic (exact) mass is 454 g/mol. The summed E-state index contributed by atoms with van der Waals surface area (Å²) in [5.41, 5.74) is 1.59. The summed E-state index contributed by atoms with van der Waals surface area (Å²) < 4.78 is 31.1. The van der Waals surface area contributed by atoms with Gasteiger partial charge in [-0.3, -0.25) is 14.4 Å². The van der Waals surface area contributed by atoms with Crippen molar-refractivity contribution in [2.75, 3.05) is 6.61 Å². The molecule has 2 aromatic heterocycles. The number of Topliss-reactive ketones (excluding diaryl/α,β-unsaturated/α-hetero) is 3. The summed E-state index contributed by atoms with van der Waals surface area (Å²) in [5.74, 6) is -3.34. The molecule has 0 aliphatic carbocycles. The van der Waals surface area contributed by atoms with Crippen molar-refractivity contribution < 1.29 is 32.7 Å². The quantitative estimate of drug-likeness (QED) is 0.193. The molecule has 0 spiro atoms. The predicted octanol–water partition coefficient (Wildman–Crippen LogP) is 4.52. The van der Waals surface area contributed by atoms with Crippen LogP contribution in [0.4, 0.5) is 8.78 Å². The van der Waals surface area contributed by atoms with Gasteiger partial charge in [-0.05, 0) is 50.2 Å². The Morgan fingerprint density at radius 1 is 0.818 bits per heavy atom. The second kappa shape index (κ2) is 9.99. The molecule has 0 fully saturated rings. The summed E-state index contributed by atoms with van der Waals surface area (Å²) in [7, 11) is 0. The van der Waals surface area contributed by atoms with Gasteiger partial charge in [0.25, 0.3) is 0 Å². The topological polar surface area (TPSA) is 109 Å². The third-order valence-electron chi connectivity index (χ3n) is 4.84. The Balaban J connectivity index is 0.000000203. The SMILES string of the molecule is CC(=O)c1ccc(F)c2cc[nH]c12.CCOC(=O)C(=O)CC(=O)c1ccc(F)c2cc[nH]c12. The maximum absolute atomic E-state index is 13.5. The Hall–Kier alpha value is -4.14. The number of benzene rings is 2. The Morgan fingerprint density at radius 2 is 1.33 bits per heavy atom. The van der Waals surface area contributed by atoms with Gasteiger partial charge in [-0.15, -0.1) is 0 Å². The molecular formula is C24H20F2N2O5. The van der Waals surface area contributed by atoms with Crippen molar-refractivity contribution >= 4 is 45.1 Å². The molecule has 4 rings (SSSR count). The van der Waals surface area contributed by atoms with Gasteiger partial charge in [0.1, 0.15) is 11.6 Å². The third-order valence-corrected chi connectivity index (χ3v) is 4.84. The molecule has 33 heavy (non-hydrogen) atoms. The van der Waals surface area contributed by atoms with E-state index in [2.05, 4.69) is 14.7 Å². The van der Waals surface area contributed by atoms with Crippen molar-refractivity contribution in [2.45, 2.75) is 20.3 Å². The van der Waals surface area contributed by atoms with Gasteiger partial charge in [0, 0.05) is 34.3 Å². The maximum atomic E-state index is 13.5. The Morgan fingerprint density at radius 3 is 1.85 bits per heavy atom. The highest BCUT2D eigenvalue weighted by Crippen LogP contribution is 2.22. The van der Waals surface area contributed by atoms with Gasteiger partial charge in [-0.25, -0.2) is 13.6 Å². The molecular weight excluding hydrogens is 434 g/mol. The zero-order valence-corrected chi connectivity index (χ0v) is 17.8. The normalized spacial score (nSPS) is 10.5. The van der Waals surface area contributed by atoms with Crippen molar-refractivity contribution in [3.8, 4) is 0 Å². The predicted molar refractivity (Wildman–Crippen MR) is 117 cm³/mol. The number of carbonyl (C=O) groups is 4. The molecule has 0 atom stereocenters. The molecule has 170 valence electrons. The van der Waals surface area contributed by atoms with Crippen LogP contribution in [-0.4, -0.2) is 39.9 Å². The van der Waals surface area contributed by atoms with Gasteiger partial charge < -0.3 is 14.7 Å². The molecule has 0 saturated heterocycles. The van der Waals surface area contributed by atoms with E-state index in [4.69, 9.17) is 0 Å². The number of hydrogen-bond acceptors (Lipinski definition) is 5. The molecule has 0 unspecified atom stereocenters. The number of fused-ring (bicyclic) bond motifs is 2. The number of esters is 1. The Kier molecular flexibility index (Phi) is 7.12. The van der Waals surface area contributed by atoms with Crippen molar-refractivity contribution in [1.29, 1.82) is 0 Å². The molecule has 2 heterocycles. The molecule has 0 aliphatic rings. The fourth-order valence-corrected chi connectivity index (χ4v) is 3.29. The van der Waals surface area contributed by atoms with Crippen LogP contribution in [0.15, 0.2) is 48.8 Å². The van der Waals surface area contributed by atoms with E-state index in [1.807, 2.05) is 0 Å². The largest absolute Gasteiger partial charge is 0.460 e. The number of nitrogens with one attached hydrogen (secondary N) is 2. The van der Waals surface area contributed by atoms with E-state index in [0.29, 0.717) is 22.0 Å². The second-order valence-electron chi connectivity index (χ2n) is 7.02. The molecule has 0 amide bonds. The Labute approximate surface area is 186 Å². The molecule has 9 heteroatoms. The average molecular weight is 454 g/mol. The smallest absolute Gasteiger partial charge is 0.375 e. The first-order valence-electron chi connectivity index (χ1n) is 9.99. The number of hydrogen-bond donors (Lipinski definition) is 2. The molecule has 7 nitrogen and oxygen atoms in total. The zero-order valence-electron chi connectivity index (χ0n) is 17.8. The molecule has 0 radical (unpaired) electrons. The lowest BCUT2D eigenvalue weighted by Crippen LogP contribution is -2.20. The lowest BCUT2D eigenvalue weighted by molar-refractivity contribution is -0.153. The van der Waals surface area contributed by atoms with Crippen LogP contribution in [-0.2, 0) is 14.3 Å². The van der Waals surface area contributed by atoms with Crippen LogP contribution >= 0.6 is 0 Å². The van der Waals surface area contributed by atoms with Gasteiger partial charge in [0.05, 0.1) is 24.1 Å². The molecule has 4 aromatic rings. The van der Waals surface area contributed by atoms with Crippen LogP contribution < -0.4 is 0 Å². The number of H-pyrrole nitrogens is 2. The number of ether oxygens (including phenoxy) is 1. The van der Waals surface area contributed by atoms with Crippen molar-refractivity contribution in [3.05, 3.63) is 71.6 Å². The van der Waals surface area contributed by atoms with Crippen LogP contribution in [0.1, 0.15) is 41.0 Å². The van der Waals surface area contributed by atoms with Crippen LogP contribution in [0.3, 0.4) is 0 Å². The molecule has 0 saturated carbocycles. The number of rotatable bonds is 6. The van der Waals surface area contributed by atoms with E-state index in [0.717, 1.165) is 6.07 Å². The van der Waals surface area contributed by atoms with E-state index < -0.39 is 29.8 Å². The first-order chi connectivity index (χ1) is 15.7. The summed E-state index contributed by atoms with van der Waals surface area (Å²) in [6.45, 7) is 3.10. The van der Waals surface area contributed by atoms with E-state index in [9.17, 15) is 28.0 Å². The standard InChI is InChI=1S/C14H12FNO4.C10H8FNO/c1-2-20-14(19)12(18)7-11(17)9-3-4-10(15)8-5-6-16-13(8)9;1-6(13)7-2-3-9(11)8-4-5-12-10(7)8/h3-6,16H,2,7H2,1H3;2-5,12H,1H3. The third kappa shape index (κ3) is 5.03. The minimum absolute atomic E-state index is 0.0625. The summed E-state index contributed by atoms with van der Waals surface area (Å²) in [5, 5.41) is 0.729. The highest BCUT2D eigenvalue weighted by atomic mass is 19.1. The number of carbonyl (C=O) groups excluding carboxylic acids is 4. The maximum Gasteiger partial charge on any atom is 0.375 e. The van der Waals surface area contributed by atoms with E-state index in [-0.39, 0.29) is 29.2 Å². The molecule has 2 aromatic carbocycles. The summed E-state index contributed by atoms with van der Waals surface area (Å²) in [6.07, 6.45) is 2.52. The molecule has 0 aliphatic heterocycles. The highest BCUT2D eigenvalue weighted by Gasteiger charge is 2.22. The molecule has 2 N–H and O–H groups in total. The van der Waals surface area contributed by atoms with Crippen LogP contribution in [0.2, 0.25) is 0 Å². The minimum Gasteiger partial charge on any atom is -0.460 e. The van der Waals surface area contributed by atoms with Crippen LogP contribution in [0, 0.1) is 11.6 Å². The number of aromatic nitrogens is 2. The van der Waals surface area contributed by atoms with Gasteiger partial charge in [0.2, 0.25) is 5.78 Å². The summed E-state index contributed by atoms with van der Waals surface area (Å²) >= 11 is 0. The summed E-state index contributed by atoms with van der Waals surface area (Å²) in [4.78, 5) is 51.4. The van der Waals surface area contributed by atoms with E-state index in [1.54, 1.807) is 19.2 Å². The van der Waals surface area contributed by atoms with Crippen molar-refractivity contribution in [2.24, 2.45) is 0 Å². The Bertz CT molecular complexity index is 1370. The number of aromatic amines is 2. The van der Waals surface area contributed by atoms with Gasteiger partial charge in [-0.2, -0.15) is 0 Å². The van der Waals surface area contributed by atoms with Gasteiger partial charge in [0.15, 0.2) is 11.6 Å². The van der Waals surface area contributed by atoms with Crippen LogP contribution in [0.5, 0.6) is 0 Å². The average Bonchev–Trinajstić information content (AvgIpc) is 3.45. The van der Waals surface area contributed by atoms with E-state index in [1.165, 1.54) is 37.4 Å². The highest BCUT2D eigenvalue weighted by molar-refractivity contribution is 6.38. The fraction of sp³-hybridized carbons (Fsp3) is 0.167. The minimum atomic E-state index is -1.04. The van der Waals surface area contributed by atoms with Crippen molar-refractivity contribution in [3.63, 3.8) is 0 Å². The second-order valence-corrected chi connectivity index (χ2v) is 7.02. The van der Waals surface area contributed by atoms with Crippen molar-refractivity contribution in [1.82, 2.24) is 9.97 Å². The number of halogens is 2. The number of ketones is 3. The van der Waals surface area contributed by atoms with Gasteiger partial charge in [-0.1, -0.05) is 0 Å². The lowest BCUT2D eigenvalue weighted by Gasteiger charge is -2.03. The van der Waals surface area contributed by atoms with E-state index >= 15 is 0 Å². The zero-order chi connectivity index (χ0) is 24.1. The fourth-order valence-electron chi connectivity index (χ4n) is 3.29. The first-order valence-corrected chi connectivity index (χ1v) is 9.99. The summed E-state index contributed by atoms with van der Waals surface area (Å²) in [6, 6.07) is 8.36. The molecule has 0 bridgehead atoms. The van der Waals surface area contributed by atoms with Gasteiger partial charge >= 0.3 is 5.97 Å². The van der Waals surface area contributed by atoms with Crippen LogP contribution in [0.25, 0.3) is 21.8 Å². The lowest BCUT2D eigenvalue weighted by atomic mass is 10.0.